The highest BCUT2D eigenvalue weighted by Gasteiger charge is 2.37. The molecule has 0 aromatic heterocycles. The van der Waals surface area contributed by atoms with E-state index in [2.05, 4.69) is 0 Å². The van der Waals surface area contributed by atoms with Crippen molar-refractivity contribution in [3.05, 3.63) is 39.7 Å². The van der Waals surface area contributed by atoms with Crippen LogP contribution in [0.4, 0.5) is 14.9 Å². The lowest BCUT2D eigenvalue weighted by Gasteiger charge is -2.41. The number of nitro benzene ring substituents is 1. The number of hydrogen-bond donors (Lipinski definition) is 0. The fraction of sp³-hybridized carbons (Fsp3) is 0.500. The molecule has 7 heteroatoms. The fourth-order valence-electron chi connectivity index (χ4n) is 2.15. The van der Waals surface area contributed by atoms with E-state index in [1.54, 1.807) is 20.8 Å². The van der Waals surface area contributed by atoms with Gasteiger partial charge in [0.2, 0.25) is 0 Å². The summed E-state index contributed by atoms with van der Waals surface area (Å²) >= 11 is 0. The Morgan fingerprint density at radius 2 is 2.14 bits per heavy atom. The van der Waals surface area contributed by atoms with Crippen molar-refractivity contribution in [2.45, 2.75) is 38.8 Å². The number of nitro groups is 1. The minimum atomic E-state index is -0.678. The van der Waals surface area contributed by atoms with E-state index in [1.807, 2.05) is 0 Å². The van der Waals surface area contributed by atoms with Crippen molar-refractivity contribution >= 4 is 11.8 Å². The Bertz CT molecular complexity index is 583. The van der Waals surface area contributed by atoms with Gasteiger partial charge in [0.1, 0.15) is 11.4 Å². The smallest absolute Gasteiger partial charge is 0.410 e. The number of carbonyl (C=O) groups excluding carboxylic acids is 1. The number of benzene rings is 1. The predicted molar refractivity (Wildman–Crippen MR) is 73.4 cm³/mol. The van der Waals surface area contributed by atoms with Crippen LogP contribution in [0.2, 0.25) is 0 Å². The minimum Gasteiger partial charge on any atom is -0.444 e. The van der Waals surface area contributed by atoms with Crippen LogP contribution >= 0.6 is 0 Å². The van der Waals surface area contributed by atoms with Gasteiger partial charge in [0.05, 0.1) is 17.0 Å². The molecule has 1 saturated heterocycles. The predicted octanol–water partition coefficient (Wildman–Crippen LogP) is 3.42. The zero-order valence-electron chi connectivity index (χ0n) is 12.1. The van der Waals surface area contributed by atoms with Crippen LogP contribution in [0.5, 0.6) is 0 Å². The van der Waals surface area contributed by atoms with Gasteiger partial charge in [0.15, 0.2) is 0 Å². The average Bonchev–Trinajstić information content (AvgIpc) is 2.27. The van der Waals surface area contributed by atoms with Crippen LogP contribution in [0.15, 0.2) is 18.2 Å². The molecule has 0 aliphatic carbocycles. The highest BCUT2D eigenvalue weighted by Crippen LogP contribution is 2.36. The first-order chi connectivity index (χ1) is 9.69. The van der Waals surface area contributed by atoms with Crippen LogP contribution in [0.3, 0.4) is 0 Å². The third-order valence-electron chi connectivity index (χ3n) is 3.20. The third-order valence-corrected chi connectivity index (χ3v) is 3.20. The second kappa shape index (κ2) is 5.31. The maximum absolute atomic E-state index is 14.0. The molecule has 0 saturated carbocycles. The highest BCUT2D eigenvalue weighted by molar-refractivity contribution is 5.70. The van der Waals surface area contributed by atoms with Crippen molar-refractivity contribution in [3.63, 3.8) is 0 Å². The van der Waals surface area contributed by atoms with E-state index < -0.39 is 28.5 Å². The first kappa shape index (κ1) is 15.2. The number of nitrogens with zero attached hydrogens (tertiary/aromatic N) is 2. The highest BCUT2D eigenvalue weighted by atomic mass is 19.1. The van der Waals surface area contributed by atoms with Gasteiger partial charge in [-0.3, -0.25) is 10.1 Å². The molecule has 1 aliphatic heterocycles. The molecule has 1 amide bonds. The molecular weight excluding hydrogens is 279 g/mol. The normalized spacial score (nSPS) is 18.1. The van der Waals surface area contributed by atoms with E-state index in [9.17, 15) is 19.3 Å². The number of carbonyl (C=O) groups is 1. The molecule has 1 atom stereocenters. The summed E-state index contributed by atoms with van der Waals surface area (Å²) in [6.45, 7) is 5.75. The molecule has 1 heterocycles. The van der Waals surface area contributed by atoms with Crippen LogP contribution in [-0.4, -0.2) is 28.1 Å². The Hall–Kier alpha value is -2.18. The molecule has 2 rings (SSSR count). The van der Waals surface area contributed by atoms with Gasteiger partial charge in [-0.05, 0) is 33.3 Å². The topological polar surface area (TPSA) is 72.7 Å². The van der Waals surface area contributed by atoms with E-state index in [4.69, 9.17) is 4.74 Å². The number of rotatable bonds is 2. The van der Waals surface area contributed by atoms with Gasteiger partial charge in [0.25, 0.3) is 5.69 Å². The Morgan fingerprint density at radius 3 is 2.57 bits per heavy atom. The van der Waals surface area contributed by atoms with E-state index in [1.165, 1.54) is 17.0 Å². The van der Waals surface area contributed by atoms with Crippen LogP contribution in [0, 0.1) is 15.9 Å². The lowest BCUT2D eigenvalue weighted by molar-refractivity contribution is -0.385. The molecule has 1 aromatic carbocycles. The number of hydrogen-bond acceptors (Lipinski definition) is 4. The van der Waals surface area contributed by atoms with Gasteiger partial charge in [-0.1, -0.05) is 0 Å². The van der Waals surface area contributed by atoms with Crippen molar-refractivity contribution < 1.29 is 18.8 Å². The second-order valence-corrected chi connectivity index (χ2v) is 5.94. The van der Waals surface area contributed by atoms with Crippen LogP contribution in [0.1, 0.15) is 38.8 Å². The second-order valence-electron chi connectivity index (χ2n) is 5.94. The number of ether oxygens (including phenoxy) is 1. The molecule has 1 aromatic rings. The van der Waals surface area contributed by atoms with Crippen molar-refractivity contribution in [1.82, 2.24) is 4.90 Å². The number of amides is 1. The first-order valence-corrected chi connectivity index (χ1v) is 6.62. The van der Waals surface area contributed by atoms with E-state index in [-0.39, 0.29) is 11.3 Å². The molecule has 6 nitrogen and oxygen atoms in total. The van der Waals surface area contributed by atoms with Crippen molar-refractivity contribution in [2.24, 2.45) is 0 Å². The molecule has 114 valence electrons. The monoisotopic (exact) mass is 296 g/mol. The Kier molecular flexibility index (Phi) is 3.85. The largest absolute Gasteiger partial charge is 0.444 e. The standard InChI is InChI=1S/C14H17FN2O4/c1-14(2,3)21-13(18)16-7-6-12(16)10-5-4-9(17(19)20)8-11(10)15/h4-5,8,12H,6-7H2,1-3H3. The summed E-state index contributed by atoms with van der Waals surface area (Å²) in [5, 5.41) is 10.6. The molecule has 0 N–H and O–H groups in total. The van der Waals surface area contributed by atoms with Crippen molar-refractivity contribution in [1.29, 1.82) is 0 Å². The maximum atomic E-state index is 14.0. The van der Waals surface area contributed by atoms with Gasteiger partial charge in [-0.15, -0.1) is 0 Å². The minimum absolute atomic E-state index is 0.276. The molecule has 1 aliphatic rings. The Labute approximate surface area is 121 Å². The van der Waals surface area contributed by atoms with E-state index in [0.29, 0.717) is 13.0 Å². The summed E-state index contributed by atoms with van der Waals surface area (Å²) < 4.78 is 19.2. The van der Waals surface area contributed by atoms with Gasteiger partial charge < -0.3 is 9.64 Å². The van der Waals surface area contributed by atoms with Gasteiger partial charge >= 0.3 is 6.09 Å². The van der Waals surface area contributed by atoms with Crippen molar-refractivity contribution in [2.75, 3.05) is 6.54 Å². The summed E-state index contributed by atoms with van der Waals surface area (Å²) in [4.78, 5) is 23.4. The Balaban J connectivity index is 2.16. The first-order valence-electron chi connectivity index (χ1n) is 6.62. The van der Waals surface area contributed by atoms with Crippen molar-refractivity contribution in [3.8, 4) is 0 Å². The molecule has 0 spiro atoms. The van der Waals surface area contributed by atoms with Crippen LogP contribution in [-0.2, 0) is 4.74 Å². The number of halogens is 1. The van der Waals surface area contributed by atoms with Gasteiger partial charge in [-0.2, -0.15) is 0 Å². The zero-order valence-corrected chi connectivity index (χ0v) is 12.1. The zero-order chi connectivity index (χ0) is 15.8. The van der Waals surface area contributed by atoms with Crippen LogP contribution in [0.25, 0.3) is 0 Å². The number of likely N-dealkylation sites (tertiary alicyclic amines) is 1. The summed E-state index contributed by atoms with van der Waals surface area (Å²) in [5.74, 6) is -0.678. The Morgan fingerprint density at radius 1 is 1.48 bits per heavy atom. The SMILES string of the molecule is CC(C)(C)OC(=O)N1CCC1c1ccc([N+](=O)[O-])cc1F. The maximum Gasteiger partial charge on any atom is 0.410 e. The summed E-state index contributed by atoms with van der Waals surface area (Å²) in [6, 6.07) is 3.04. The molecule has 1 unspecified atom stereocenters. The molecule has 0 radical (unpaired) electrons. The molecule has 0 bridgehead atoms. The molecule has 1 fully saturated rings. The van der Waals surface area contributed by atoms with E-state index in [0.717, 1.165) is 6.07 Å². The molecule has 21 heavy (non-hydrogen) atoms. The quantitative estimate of drug-likeness (QED) is 0.619. The summed E-state index contributed by atoms with van der Waals surface area (Å²) in [5.41, 5.74) is -0.650. The van der Waals surface area contributed by atoms with E-state index >= 15 is 0 Å². The summed E-state index contributed by atoms with van der Waals surface area (Å²) in [7, 11) is 0. The fourth-order valence-corrected chi connectivity index (χ4v) is 2.15. The number of non-ortho nitro benzene ring substituents is 1. The summed E-state index contributed by atoms with van der Waals surface area (Å²) in [6.07, 6.45) is 0.102. The lowest BCUT2D eigenvalue weighted by Crippen LogP contribution is -2.47. The van der Waals surface area contributed by atoms with Crippen LogP contribution < -0.4 is 0 Å². The third kappa shape index (κ3) is 3.29. The molecular formula is C14H17FN2O4. The van der Waals surface area contributed by atoms with Gasteiger partial charge in [0, 0.05) is 18.2 Å². The lowest BCUT2D eigenvalue weighted by atomic mass is 9.94. The average molecular weight is 296 g/mol. The van der Waals surface area contributed by atoms with Gasteiger partial charge in [-0.25, -0.2) is 9.18 Å².